The van der Waals surface area contributed by atoms with Gasteiger partial charge in [0.15, 0.2) is 0 Å². The SMILES string of the molecule is c1ccc2c(c1)Cc1c-2ccc2c3cc(-c4ccccc4-c4cc[se]c4-c4ccccc4-c4cc5c6ccc7c(c6cc-5sn4)Cc4ccccc4-7)nsc-3cc12. The van der Waals surface area contributed by atoms with E-state index in [0.29, 0.717) is 0 Å². The molecule has 0 unspecified atom stereocenters. The molecule has 0 saturated carbocycles. The molecule has 3 heterocycles. The van der Waals surface area contributed by atoms with Crippen molar-refractivity contribution in [2.75, 3.05) is 0 Å². The molecular formula is C52H30N2S2Se. The number of rotatable bonds is 4. The normalized spacial score (nSPS) is 12.8. The van der Waals surface area contributed by atoms with Crippen molar-refractivity contribution in [1.29, 1.82) is 0 Å². The Morgan fingerprint density at radius 3 is 1.40 bits per heavy atom. The number of hydrogen-bond acceptors (Lipinski definition) is 4. The summed E-state index contributed by atoms with van der Waals surface area (Å²) < 4.78 is 11.7. The minimum atomic E-state index is 0.175. The van der Waals surface area contributed by atoms with Crippen LogP contribution in [-0.2, 0) is 12.8 Å². The second-order valence-corrected chi connectivity index (χ2v) is 18.8. The number of hydrogen-bond donors (Lipinski definition) is 0. The summed E-state index contributed by atoms with van der Waals surface area (Å²) in [7, 11) is 0. The molecule has 0 saturated heterocycles. The maximum absolute atomic E-state index is 5.18. The van der Waals surface area contributed by atoms with E-state index in [2.05, 4.69) is 157 Å². The standard InChI is InChI=1S/C52H30N2S2Se/c1-3-11-31-29(9-1)23-42-34(31)17-19-36-44(42)27-50-46(36)25-48(53-55-50)38-14-6-5-13-33(38)41-21-22-57-52(41)40-16-8-7-15-39(40)49-26-47-37-20-18-35-32-12-4-2-10-30(32)24-43(35)45(37)28-51(47)56-54-49/h1-22,25-28H,23-24H2. The third-order valence-electron chi connectivity index (χ3n) is 12.4. The van der Waals surface area contributed by atoms with Crippen LogP contribution in [-0.4, -0.2) is 23.3 Å². The zero-order chi connectivity index (χ0) is 37.2. The Kier molecular flexibility index (Phi) is 6.93. The Bertz CT molecular complexity index is 3160. The van der Waals surface area contributed by atoms with Gasteiger partial charge in [0.05, 0.1) is 0 Å². The van der Waals surface area contributed by atoms with Gasteiger partial charge in [-0.05, 0) is 0 Å². The van der Waals surface area contributed by atoms with Crippen molar-refractivity contribution in [1.82, 2.24) is 8.75 Å². The van der Waals surface area contributed by atoms with Gasteiger partial charge in [-0.3, -0.25) is 0 Å². The molecule has 57 heavy (non-hydrogen) atoms. The molecule has 0 spiro atoms. The minimum absolute atomic E-state index is 0.175. The van der Waals surface area contributed by atoms with Crippen molar-refractivity contribution in [2.45, 2.75) is 12.8 Å². The van der Waals surface area contributed by atoms with Crippen LogP contribution in [0.1, 0.15) is 22.3 Å². The van der Waals surface area contributed by atoms with Crippen LogP contribution in [0.2, 0.25) is 0 Å². The summed E-state index contributed by atoms with van der Waals surface area (Å²) in [5.74, 6) is 0. The summed E-state index contributed by atoms with van der Waals surface area (Å²) in [6.45, 7) is 0. The summed E-state index contributed by atoms with van der Waals surface area (Å²) in [5.41, 5.74) is 22.0. The first kappa shape index (κ1) is 32.2. The molecule has 6 aromatic carbocycles. The van der Waals surface area contributed by atoms with E-state index in [1.165, 1.54) is 119 Å². The van der Waals surface area contributed by atoms with Crippen LogP contribution in [0, 0.1) is 0 Å². The zero-order valence-corrected chi connectivity index (χ0v) is 33.9. The summed E-state index contributed by atoms with van der Waals surface area (Å²) in [5, 5.41) is 5.38. The van der Waals surface area contributed by atoms with Crippen molar-refractivity contribution in [3.8, 4) is 86.8 Å². The van der Waals surface area contributed by atoms with E-state index in [1.807, 2.05) is 0 Å². The van der Waals surface area contributed by atoms with Gasteiger partial charge in [0, 0.05) is 0 Å². The Balaban J connectivity index is 0.908. The van der Waals surface area contributed by atoms with Crippen LogP contribution >= 0.6 is 23.1 Å². The molecule has 7 aromatic rings. The van der Waals surface area contributed by atoms with Gasteiger partial charge >= 0.3 is 310 Å². The van der Waals surface area contributed by atoms with Crippen molar-refractivity contribution >= 4 is 59.1 Å². The van der Waals surface area contributed by atoms with Crippen molar-refractivity contribution < 1.29 is 0 Å². The first-order valence-corrected chi connectivity index (χ1v) is 22.8. The van der Waals surface area contributed by atoms with Crippen molar-refractivity contribution in [3.63, 3.8) is 0 Å². The predicted octanol–water partition coefficient (Wildman–Crippen LogP) is 14.0. The topological polar surface area (TPSA) is 25.8 Å². The quantitative estimate of drug-likeness (QED) is 0.165. The van der Waals surface area contributed by atoms with Crippen LogP contribution in [0.25, 0.3) is 108 Å². The summed E-state index contributed by atoms with van der Waals surface area (Å²) in [6.07, 6.45) is 1.98. The molecule has 6 aliphatic rings. The molecule has 5 heteroatoms. The fraction of sp³-hybridized carbons (Fsp3) is 0.0385. The first-order valence-electron chi connectivity index (χ1n) is 19.4. The fourth-order valence-corrected chi connectivity index (χ4v) is 13.3. The molecule has 0 bridgehead atoms. The number of benzene rings is 6. The molecule has 2 nitrogen and oxygen atoms in total. The predicted molar refractivity (Wildman–Crippen MR) is 241 cm³/mol. The molecule has 0 fully saturated rings. The third kappa shape index (κ3) is 4.75. The Hall–Kier alpha value is -5.94. The van der Waals surface area contributed by atoms with Gasteiger partial charge in [-0.1, -0.05) is 36.4 Å². The Morgan fingerprint density at radius 1 is 0.368 bits per heavy atom. The number of fused-ring (bicyclic) bond motifs is 14. The monoisotopic (exact) mass is 826 g/mol. The van der Waals surface area contributed by atoms with Gasteiger partial charge in [-0.25, -0.2) is 0 Å². The van der Waals surface area contributed by atoms with E-state index >= 15 is 0 Å². The van der Waals surface area contributed by atoms with E-state index in [4.69, 9.17) is 8.75 Å². The van der Waals surface area contributed by atoms with Crippen LogP contribution in [0.3, 0.4) is 0 Å². The first-order chi connectivity index (χ1) is 28.2. The molecule has 0 N–H and O–H groups in total. The van der Waals surface area contributed by atoms with E-state index < -0.39 is 0 Å². The number of aromatic nitrogens is 2. The molecule has 13 rings (SSSR count). The average molecular weight is 826 g/mol. The molecule has 0 amide bonds. The van der Waals surface area contributed by atoms with Crippen molar-refractivity contribution in [3.05, 3.63) is 179 Å². The molecule has 266 valence electrons. The third-order valence-corrected chi connectivity index (χ3v) is 16.0. The molecular weight excluding hydrogens is 796 g/mol. The van der Waals surface area contributed by atoms with Crippen molar-refractivity contribution in [2.24, 2.45) is 0 Å². The molecule has 2 aliphatic heterocycles. The van der Waals surface area contributed by atoms with E-state index in [-0.39, 0.29) is 14.5 Å². The molecule has 0 atom stereocenters. The molecule has 4 aliphatic carbocycles. The fourth-order valence-electron chi connectivity index (χ4n) is 9.75. The van der Waals surface area contributed by atoms with Gasteiger partial charge in [0.1, 0.15) is 0 Å². The van der Waals surface area contributed by atoms with E-state index in [1.54, 1.807) is 23.1 Å². The average Bonchev–Trinajstić information content (AvgIpc) is 4.10. The number of nitrogens with zero attached hydrogens (tertiary/aromatic N) is 2. The van der Waals surface area contributed by atoms with Crippen LogP contribution < -0.4 is 0 Å². The molecule has 1 aromatic heterocycles. The summed E-state index contributed by atoms with van der Waals surface area (Å²) in [6, 6.07) is 56.5. The van der Waals surface area contributed by atoms with E-state index in [0.717, 1.165) is 24.2 Å². The van der Waals surface area contributed by atoms with E-state index in [9.17, 15) is 0 Å². The van der Waals surface area contributed by atoms with Crippen LogP contribution in [0.15, 0.2) is 157 Å². The summed E-state index contributed by atoms with van der Waals surface area (Å²) in [4.78, 5) is 4.86. The second-order valence-electron chi connectivity index (χ2n) is 15.3. The Labute approximate surface area is 344 Å². The van der Waals surface area contributed by atoms with Gasteiger partial charge in [0.2, 0.25) is 0 Å². The van der Waals surface area contributed by atoms with Crippen LogP contribution in [0.5, 0.6) is 0 Å². The van der Waals surface area contributed by atoms with Gasteiger partial charge in [0.25, 0.3) is 0 Å². The maximum atomic E-state index is 5.18. The summed E-state index contributed by atoms with van der Waals surface area (Å²) >= 11 is 3.42. The molecule has 0 radical (unpaired) electrons. The van der Waals surface area contributed by atoms with Gasteiger partial charge < -0.3 is 0 Å². The Morgan fingerprint density at radius 2 is 0.842 bits per heavy atom. The van der Waals surface area contributed by atoms with Gasteiger partial charge in [-0.15, -0.1) is 0 Å². The second kappa shape index (κ2) is 12.3. The zero-order valence-electron chi connectivity index (χ0n) is 30.5. The van der Waals surface area contributed by atoms with Gasteiger partial charge in [-0.2, -0.15) is 0 Å². The van der Waals surface area contributed by atoms with Crippen LogP contribution in [0.4, 0.5) is 0 Å².